The van der Waals surface area contributed by atoms with Gasteiger partial charge >= 0.3 is 0 Å². The Bertz CT molecular complexity index is 3430. The molecule has 12 aromatic rings. The van der Waals surface area contributed by atoms with E-state index in [2.05, 4.69) is 114 Å². The molecule has 0 unspecified atom stereocenters. The van der Waals surface area contributed by atoms with Crippen molar-refractivity contribution in [1.82, 2.24) is 19.5 Å². The van der Waals surface area contributed by atoms with Crippen molar-refractivity contribution >= 4 is 86.0 Å². The number of para-hydroxylation sites is 1. The summed E-state index contributed by atoms with van der Waals surface area (Å²) in [5.41, 5.74) is 7.77. The molecule has 0 N–H and O–H groups in total. The molecule has 0 saturated heterocycles. The number of hydrogen-bond donors (Lipinski definition) is 0. The van der Waals surface area contributed by atoms with Gasteiger partial charge in [0.05, 0.1) is 11.0 Å². The topological polar surface area (TPSA) is 56.7 Å². The fourth-order valence-electron chi connectivity index (χ4n) is 8.31. The predicted octanol–water partition coefficient (Wildman–Crippen LogP) is 13.4. The molecule has 8 aromatic carbocycles. The van der Waals surface area contributed by atoms with Crippen LogP contribution >= 0.6 is 11.3 Å². The summed E-state index contributed by atoms with van der Waals surface area (Å²) in [4.78, 5) is 15.3. The Balaban J connectivity index is 1.12. The van der Waals surface area contributed by atoms with Gasteiger partial charge in [0.15, 0.2) is 17.5 Å². The van der Waals surface area contributed by atoms with E-state index >= 15 is 0 Å². The highest BCUT2D eigenvalue weighted by atomic mass is 32.1. The first-order chi connectivity index (χ1) is 27.2. The van der Waals surface area contributed by atoms with Crippen LogP contribution in [-0.2, 0) is 0 Å². The zero-order valence-corrected chi connectivity index (χ0v) is 30.1. The van der Waals surface area contributed by atoms with E-state index in [1.807, 2.05) is 72.0 Å². The Morgan fingerprint density at radius 1 is 0.436 bits per heavy atom. The molecular formula is C49H28N4OS. The molecule has 0 bridgehead atoms. The van der Waals surface area contributed by atoms with Crippen molar-refractivity contribution in [3.05, 3.63) is 170 Å². The van der Waals surface area contributed by atoms with Gasteiger partial charge in [-0.15, -0.1) is 11.3 Å². The van der Waals surface area contributed by atoms with Gasteiger partial charge in [0.2, 0.25) is 0 Å². The van der Waals surface area contributed by atoms with Crippen molar-refractivity contribution in [2.75, 3.05) is 0 Å². The quantitative estimate of drug-likeness (QED) is 0.182. The predicted molar refractivity (Wildman–Crippen MR) is 228 cm³/mol. The molecule has 4 heterocycles. The van der Waals surface area contributed by atoms with Gasteiger partial charge < -0.3 is 8.98 Å². The zero-order valence-electron chi connectivity index (χ0n) is 29.3. The van der Waals surface area contributed by atoms with Gasteiger partial charge in [0.25, 0.3) is 0 Å². The second-order valence-corrected chi connectivity index (χ2v) is 15.1. The summed E-state index contributed by atoms with van der Waals surface area (Å²) in [6.45, 7) is 0. The van der Waals surface area contributed by atoms with Gasteiger partial charge in [0.1, 0.15) is 11.2 Å². The van der Waals surface area contributed by atoms with Crippen molar-refractivity contribution in [3.8, 4) is 39.9 Å². The number of benzene rings is 8. The maximum atomic E-state index is 6.95. The molecule has 0 aliphatic rings. The summed E-state index contributed by atoms with van der Waals surface area (Å²) in [5.74, 6) is 1.85. The molecule has 0 aliphatic carbocycles. The van der Waals surface area contributed by atoms with E-state index in [4.69, 9.17) is 19.4 Å². The number of fused-ring (bicyclic) bond motifs is 11. The number of hydrogen-bond acceptors (Lipinski definition) is 5. The van der Waals surface area contributed by atoms with Crippen LogP contribution in [0.5, 0.6) is 0 Å². The molecule has 12 rings (SSSR count). The van der Waals surface area contributed by atoms with Crippen LogP contribution in [0.2, 0.25) is 0 Å². The molecule has 4 aromatic heterocycles. The molecule has 0 saturated carbocycles. The van der Waals surface area contributed by atoms with Crippen LogP contribution in [0.25, 0.3) is 115 Å². The van der Waals surface area contributed by atoms with E-state index in [0.717, 1.165) is 60.6 Å². The summed E-state index contributed by atoms with van der Waals surface area (Å²) < 4.78 is 11.9. The monoisotopic (exact) mass is 720 g/mol. The standard InChI is InChI=1S/C49H28N4OS/c1-3-13-29(14-4-1)47-50-48(30-15-5-2-6-16-30)52-49(51-47)39-25-31-17-7-8-18-33(31)46-45(39)36-24-23-32(26-42(36)54-46)53-40-21-11-9-19-34(40)37-27-38-35-20-10-12-22-43(35)55-44(38)28-41(37)53/h1-28H. The first-order valence-electron chi connectivity index (χ1n) is 18.4. The Labute approximate surface area is 318 Å². The number of rotatable bonds is 4. The minimum Gasteiger partial charge on any atom is -0.455 e. The third kappa shape index (κ3) is 4.62. The number of aromatic nitrogens is 4. The maximum absolute atomic E-state index is 6.95. The van der Waals surface area contributed by atoms with E-state index < -0.39 is 0 Å². The van der Waals surface area contributed by atoms with Crippen LogP contribution in [0.3, 0.4) is 0 Å². The summed E-state index contributed by atoms with van der Waals surface area (Å²) in [5, 5.41) is 9.17. The number of nitrogens with zero attached hydrogens (tertiary/aromatic N) is 4. The minimum atomic E-state index is 0.602. The summed E-state index contributed by atoms with van der Waals surface area (Å²) >= 11 is 1.85. The molecule has 0 radical (unpaired) electrons. The highest BCUT2D eigenvalue weighted by Crippen LogP contribution is 2.44. The fourth-order valence-corrected chi connectivity index (χ4v) is 9.43. The van der Waals surface area contributed by atoms with E-state index in [1.165, 1.54) is 36.5 Å². The lowest BCUT2D eigenvalue weighted by molar-refractivity contribution is 0.672. The lowest BCUT2D eigenvalue weighted by atomic mass is 9.99. The van der Waals surface area contributed by atoms with Crippen LogP contribution in [0.15, 0.2) is 174 Å². The highest BCUT2D eigenvalue weighted by molar-refractivity contribution is 7.25. The van der Waals surface area contributed by atoms with Gasteiger partial charge in [-0.1, -0.05) is 121 Å². The largest absolute Gasteiger partial charge is 0.455 e. The molecule has 55 heavy (non-hydrogen) atoms. The van der Waals surface area contributed by atoms with Gasteiger partial charge in [-0.05, 0) is 47.9 Å². The fraction of sp³-hybridized carbons (Fsp3) is 0. The van der Waals surface area contributed by atoms with E-state index in [0.29, 0.717) is 17.5 Å². The van der Waals surface area contributed by atoms with E-state index in [1.54, 1.807) is 0 Å². The Hall–Kier alpha value is -7.15. The normalized spacial score (nSPS) is 12.0. The highest BCUT2D eigenvalue weighted by Gasteiger charge is 2.22. The summed E-state index contributed by atoms with van der Waals surface area (Å²) in [6.07, 6.45) is 0. The first kappa shape index (κ1) is 30.3. The van der Waals surface area contributed by atoms with E-state index in [9.17, 15) is 0 Å². The second-order valence-electron chi connectivity index (χ2n) is 14.0. The summed E-state index contributed by atoms with van der Waals surface area (Å²) in [7, 11) is 0. The van der Waals surface area contributed by atoms with Crippen molar-refractivity contribution in [2.24, 2.45) is 0 Å². The maximum Gasteiger partial charge on any atom is 0.164 e. The smallest absolute Gasteiger partial charge is 0.164 e. The molecule has 0 atom stereocenters. The van der Waals surface area contributed by atoms with Gasteiger partial charge in [-0.2, -0.15) is 0 Å². The molecule has 0 fully saturated rings. The van der Waals surface area contributed by atoms with Gasteiger partial charge in [-0.25, -0.2) is 15.0 Å². The molecule has 5 nitrogen and oxygen atoms in total. The van der Waals surface area contributed by atoms with Gasteiger partial charge in [0, 0.05) is 75.5 Å². The number of thiophene rings is 1. The third-order valence-electron chi connectivity index (χ3n) is 10.8. The van der Waals surface area contributed by atoms with Crippen LogP contribution < -0.4 is 0 Å². The van der Waals surface area contributed by atoms with Crippen molar-refractivity contribution in [2.45, 2.75) is 0 Å². The molecular weight excluding hydrogens is 693 g/mol. The average molecular weight is 721 g/mol. The van der Waals surface area contributed by atoms with Crippen molar-refractivity contribution in [1.29, 1.82) is 0 Å². The Morgan fingerprint density at radius 2 is 1.09 bits per heavy atom. The van der Waals surface area contributed by atoms with E-state index in [-0.39, 0.29) is 0 Å². The zero-order chi connectivity index (χ0) is 36.0. The van der Waals surface area contributed by atoms with Crippen LogP contribution in [-0.4, -0.2) is 19.5 Å². The first-order valence-corrected chi connectivity index (χ1v) is 19.2. The molecule has 6 heteroatoms. The van der Waals surface area contributed by atoms with Gasteiger partial charge in [-0.3, -0.25) is 0 Å². The SMILES string of the molecule is c1ccc(-c2nc(-c3ccccc3)nc(-c3cc4ccccc4c4oc5cc(-n6c7ccccc7c7cc8c(cc76)sc6ccccc68)ccc5c34)n2)cc1. The minimum absolute atomic E-state index is 0.602. The molecule has 0 aliphatic heterocycles. The third-order valence-corrected chi connectivity index (χ3v) is 12.0. The van der Waals surface area contributed by atoms with Crippen LogP contribution in [0, 0.1) is 0 Å². The van der Waals surface area contributed by atoms with Crippen molar-refractivity contribution < 1.29 is 4.42 Å². The average Bonchev–Trinajstić information content (AvgIpc) is 3.92. The lowest BCUT2D eigenvalue weighted by Gasteiger charge is -2.10. The van der Waals surface area contributed by atoms with Crippen LogP contribution in [0.4, 0.5) is 0 Å². The molecule has 0 spiro atoms. The number of furan rings is 1. The second kappa shape index (κ2) is 11.7. The van der Waals surface area contributed by atoms with Crippen molar-refractivity contribution in [3.63, 3.8) is 0 Å². The Kier molecular flexibility index (Phi) is 6.44. The molecule has 256 valence electrons. The van der Waals surface area contributed by atoms with Crippen LogP contribution in [0.1, 0.15) is 0 Å². The summed E-state index contributed by atoms with van der Waals surface area (Å²) in [6, 6.07) is 59.5. The lowest BCUT2D eigenvalue weighted by Crippen LogP contribution is -2.00. The molecule has 0 amide bonds. The Morgan fingerprint density at radius 3 is 1.87 bits per heavy atom.